The van der Waals surface area contributed by atoms with Gasteiger partial charge in [-0.15, -0.1) is 11.6 Å². The van der Waals surface area contributed by atoms with Crippen LogP contribution < -0.4 is 9.47 Å². The highest BCUT2D eigenvalue weighted by Gasteiger charge is 2.28. The van der Waals surface area contributed by atoms with Crippen molar-refractivity contribution in [2.75, 3.05) is 14.2 Å². The molecule has 0 N–H and O–H groups in total. The molecule has 2 rings (SSSR count). The molecule has 100 valence electrons. The molecule has 0 amide bonds. The second-order valence-corrected chi connectivity index (χ2v) is 5.36. The maximum atomic E-state index is 14.1. The van der Waals surface area contributed by atoms with Crippen molar-refractivity contribution in [2.24, 2.45) is 5.92 Å². The number of hydrogen-bond acceptors (Lipinski definition) is 2. The summed E-state index contributed by atoms with van der Waals surface area (Å²) in [6.07, 6.45) is 2.48. The third kappa shape index (κ3) is 2.28. The number of hydrogen-bond donors (Lipinski definition) is 0. The molecule has 1 aromatic rings. The summed E-state index contributed by atoms with van der Waals surface area (Å²) in [5.41, 5.74) is 1.44. The number of rotatable bonds is 2. The Hall–Kier alpha value is -0.960. The zero-order valence-corrected chi connectivity index (χ0v) is 11.7. The number of ether oxygens (including phenoxy) is 2. The van der Waals surface area contributed by atoms with E-state index < -0.39 is 0 Å². The SMILES string of the molecule is COc1cc(F)c2c(c1OC)C(Cl)CC(C)CC2. The Kier molecular flexibility index (Phi) is 4.00. The molecule has 0 saturated carbocycles. The highest BCUT2D eigenvalue weighted by molar-refractivity contribution is 6.21. The molecule has 2 unspecified atom stereocenters. The lowest BCUT2D eigenvalue weighted by atomic mass is 10.00. The van der Waals surface area contributed by atoms with E-state index in [4.69, 9.17) is 21.1 Å². The molecule has 1 aliphatic carbocycles. The number of halogens is 2. The van der Waals surface area contributed by atoms with Crippen molar-refractivity contribution in [2.45, 2.75) is 31.6 Å². The van der Waals surface area contributed by atoms with Crippen LogP contribution in [0.5, 0.6) is 11.5 Å². The summed E-state index contributed by atoms with van der Waals surface area (Å²) in [6.45, 7) is 2.14. The molecule has 0 bridgehead atoms. The predicted octanol–water partition coefficient (Wildman–Crippen LogP) is 4.10. The van der Waals surface area contributed by atoms with E-state index in [-0.39, 0.29) is 11.2 Å². The van der Waals surface area contributed by atoms with Gasteiger partial charge in [0.1, 0.15) is 5.82 Å². The van der Waals surface area contributed by atoms with Crippen LogP contribution in [0.1, 0.15) is 36.3 Å². The monoisotopic (exact) mass is 272 g/mol. The zero-order valence-electron chi connectivity index (χ0n) is 10.9. The first-order valence-corrected chi connectivity index (χ1v) is 6.59. The van der Waals surface area contributed by atoms with E-state index in [9.17, 15) is 4.39 Å². The van der Waals surface area contributed by atoms with E-state index in [1.165, 1.54) is 13.2 Å². The molecular formula is C14H18ClFO2. The van der Waals surface area contributed by atoms with Crippen LogP contribution in [0.3, 0.4) is 0 Å². The van der Waals surface area contributed by atoms with Gasteiger partial charge in [0.15, 0.2) is 11.5 Å². The van der Waals surface area contributed by atoms with Gasteiger partial charge < -0.3 is 9.47 Å². The minimum absolute atomic E-state index is 0.225. The summed E-state index contributed by atoms with van der Waals surface area (Å²) in [4.78, 5) is 0. The fraction of sp³-hybridized carbons (Fsp3) is 0.571. The van der Waals surface area contributed by atoms with Gasteiger partial charge in [-0.25, -0.2) is 4.39 Å². The fourth-order valence-corrected chi connectivity index (χ4v) is 3.13. The van der Waals surface area contributed by atoms with E-state index >= 15 is 0 Å². The lowest BCUT2D eigenvalue weighted by Gasteiger charge is -2.19. The first-order chi connectivity index (χ1) is 8.58. The van der Waals surface area contributed by atoms with Crippen molar-refractivity contribution in [1.82, 2.24) is 0 Å². The average Bonchev–Trinajstić information content (AvgIpc) is 2.49. The minimum atomic E-state index is -0.248. The van der Waals surface area contributed by atoms with Crippen LogP contribution in [-0.2, 0) is 6.42 Å². The van der Waals surface area contributed by atoms with Gasteiger partial charge >= 0.3 is 0 Å². The van der Waals surface area contributed by atoms with Gasteiger partial charge in [-0.3, -0.25) is 0 Å². The number of alkyl halides is 1. The Bertz CT molecular complexity index is 448. The standard InChI is InChI=1S/C14H18ClFO2/c1-8-4-5-9-11(16)7-12(17-2)14(18-3)13(9)10(15)6-8/h7-8,10H,4-6H2,1-3H3. The second-order valence-electron chi connectivity index (χ2n) is 4.83. The van der Waals surface area contributed by atoms with Crippen molar-refractivity contribution in [3.05, 3.63) is 23.0 Å². The van der Waals surface area contributed by atoms with Crippen LogP contribution in [0.25, 0.3) is 0 Å². The van der Waals surface area contributed by atoms with Crippen molar-refractivity contribution in [3.8, 4) is 11.5 Å². The molecule has 2 nitrogen and oxygen atoms in total. The fourth-order valence-electron chi connectivity index (χ4n) is 2.59. The lowest BCUT2D eigenvalue weighted by molar-refractivity contribution is 0.347. The maximum absolute atomic E-state index is 14.1. The van der Waals surface area contributed by atoms with Gasteiger partial charge in [-0.1, -0.05) is 6.92 Å². The lowest BCUT2D eigenvalue weighted by Crippen LogP contribution is -2.04. The van der Waals surface area contributed by atoms with Crippen LogP contribution >= 0.6 is 11.6 Å². The van der Waals surface area contributed by atoms with Gasteiger partial charge in [0, 0.05) is 11.6 Å². The summed E-state index contributed by atoms with van der Waals surface area (Å²) in [6, 6.07) is 1.39. The van der Waals surface area contributed by atoms with Crippen LogP contribution in [0, 0.1) is 11.7 Å². The molecule has 1 aliphatic rings. The van der Waals surface area contributed by atoms with Crippen molar-refractivity contribution >= 4 is 11.6 Å². The molecular weight excluding hydrogens is 255 g/mol. The molecule has 0 saturated heterocycles. The predicted molar refractivity (Wildman–Crippen MR) is 70.2 cm³/mol. The highest BCUT2D eigenvalue weighted by Crippen LogP contribution is 2.46. The Balaban J connectivity index is 2.62. The second kappa shape index (κ2) is 5.35. The van der Waals surface area contributed by atoms with E-state index in [1.54, 1.807) is 7.11 Å². The van der Waals surface area contributed by atoms with Crippen LogP contribution in [-0.4, -0.2) is 14.2 Å². The first-order valence-electron chi connectivity index (χ1n) is 6.15. The van der Waals surface area contributed by atoms with E-state index in [2.05, 4.69) is 6.92 Å². The number of benzene rings is 1. The van der Waals surface area contributed by atoms with Gasteiger partial charge in [0.05, 0.1) is 19.6 Å². The summed E-state index contributed by atoms with van der Waals surface area (Å²) in [5.74, 6) is 1.22. The number of fused-ring (bicyclic) bond motifs is 1. The molecule has 0 fully saturated rings. The van der Waals surface area contributed by atoms with E-state index in [0.29, 0.717) is 29.4 Å². The van der Waals surface area contributed by atoms with Crippen LogP contribution in [0.4, 0.5) is 4.39 Å². The van der Waals surface area contributed by atoms with Crippen LogP contribution in [0.2, 0.25) is 0 Å². The Morgan fingerprint density at radius 1 is 1.33 bits per heavy atom. The summed E-state index contributed by atoms with van der Waals surface area (Å²) in [7, 11) is 3.07. The third-order valence-corrected chi connectivity index (χ3v) is 3.97. The van der Waals surface area contributed by atoms with Gasteiger partial charge in [-0.05, 0) is 30.7 Å². The molecule has 4 heteroatoms. The molecule has 18 heavy (non-hydrogen) atoms. The smallest absolute Gasteiger partial charge is 0.165 e. The zero-order chi connectivity index (χ0) is 13.3. The average molecular weight is 273 g/mol. The molecule has 0 aromatic heterocycles. The van der Waals surface area contributed by atoms with Crippen molar-refractivity contribution in [3.63, 3.8) is 0 Å². The minimum Gasteiger partial charge on any atom is -0.493 e. The Morgan fingerprint density at radius 2 is 2.06 bits per heavy atom. The first kappa shape index (κ1) is 13.5. The summed E-state index contributed by atoms with van der Waals surface area (Å²) < 4.78 is 24.7. The quantitative estimate of drug-likeness (QED) is 0.596. The van der Waals surface area contributed by atoms with Gasteiger partial charge in [0.25, 0.3) is 0 Å². The largest absolute Gasteiger partial charge is 0.493 e. The Morgan fingerprint density at radius 3 is 2.67 bits per heavy atom. The molecule has 0 spiro atoms. The van der Waals surface area contributed by atoms with E-state index in [1.807, 2.05) is 0 Å². The third-order valence-electron chi connectivity index (χ3n) is 3.57. The molecule has 0 aliphatic heterocycles. The number of methoxy groups -OCH3 is 2. The van der Waals surface area contributed by atoms with Crippen LogP contribution in [0.15, 0.2) is 6.07 Å². The molecule has 1 aromatic carbocycles. The Labute approximate surface area is 112 Å². The molecule has 2 atom stereocenters. The summed E-state index contributed by atoms with van der Waals surface area (Å²) >= 11 is 6.43. The normalized spacial score (nSPS) is 23.2. The molecule has 0 heterocycles. The van der Waals surface area contributed by atoms with E-state index in [0.717, 1.165) is 18.4 Å². The highest BCUT2D eigenvalue weighted by atomic mass is 35.5. The summed E-state index contributed by atoms with van der Waals surface area (Å²) in [5, 5.41) is -0.225. The van der Waals surface area contributed by atoms with Crippen molar-refractivity contribution in [1.29, 1.82) is 0 Å². The van der Waals surface area contributed by atoms with Crippen molar-refractivity contribution < 1.29 is 13.9 Å². The molecule has 0 radical (unpaired) electrons. The maximum Gasteiger partial charge on any atom is 0.165 e. The van der Waals surface area contributed by atoms with Gasteiger partial charge in [0.2, 0.25) is 0 Å². The van der Waals surface area contributed by atoms with Gasteiger partial charge in [-0.2, -0.15) is 0 Å². The topological polar surface area (TPSA) is 18.5 Å².